The van der Waals surface area contributed by atoms with Gasteiger partial charge in [0.15, 0.2) is 0 Å². The van der Waals surface area contributed by atoms with Crippen LogP contribution in [-0.4, -0.2) is 64.0 Å². The van der Waals surface area contributed by atoms with Gasteiger partial charge in [0, 0.05) is 25.4 Å². The van der Waals surface area contributed by atoms with Gasteiger partial charge >= 0.3 is 0 Å². The highest BCUT2D eigenvalue weighted by Crippen LogP contribution is 2.66. The molecular weight excluding hydrogens is 426 g/mol. The number of amides is 3. The number of aliphatic hydroxyl groups is 1. The van der Waals surface area contributed by atoms with Crippen LogP contribution in [0.5, 0.6) is 0 Å². The zero-order valence-corrected chi connectivity index (χ0v) is 18.6. The SMILES string of the molecule is CNC(=O)[C@@H]1[C@H]2C(=O)N(CCCO)C(C(=O)Nc3c(C)cccc3Cl)C23CC[C@H]1S3. The molecule has 0 aliphatic carbocycles. The minimum absolute atomic E-state index is 0.0382. The van der Waals surface area contributed by atoms with E-state index in [1.165, 1.54) is 0 Å². The summed E-state index contributed by atoms with van der Waals surface area (Å²) in [4.78, 5) is 41.2. The molecule has 3 saturated heterocycles. The Kier molecular flexibility index (Phi) is 5.76. The average molecular weight is 452 g/mol. The first-order valence-electron chi connectivity index (χ1n) is 10.2. The third-order valence-electron chi connectivity index (χ3n) is 6.62. The molecule has 3 heterocycles. The van der Waals surface area contributed by atoms with E-state index in [1.54, 1.807) is 29.8 Å². The first kappa shape index (κ1) is 21.5. The van der Waals surface area contributed by atoms with Crippen LogP contribution in [0, 0.1) is 18.8 Å². The van der Waals surface area contributed by atoms with Crippen molar-refractivity contribution in [2.75, 3.05) is 25.5 Å². The summed E-state index contributed by atoms with van der Waals surface area (Å²) in [7, 11) is 1.58. The molecular formula is C21H26ClN3O4S. The van der Waals surface area contributed by atoms with E-state index in [9.17, 15) is 19.5 Å². The number of fused-ring (bicyclic) bond motifs is 1. The van der Waals surface area contributed by atoms with Gasteiger partial charge in [0.05, 0.1) is 27.3 Å². The number of halogens is 1. The van der Waals surface area contributed by atoms with Gasteiger partial charge in [-0.15, -0.1) is 11.8 Å². The number of rotatable bonds is 6. The number of thioether (sulfide) groups is 1. The first-order valence-corrected chi connectivity index (χ1v) is 11.5. The van der Waals surface area contributed by atoms with Crippen LogP contribution in [-0.2, 0) is 14.4 Å². The number of aliphatic hydroxyl groups excluding tert-OH is 1. The maximum atomic E-state index is 13.6. The molecule has 3 fully saturated rings. The van der Waals surface area contributed by atoms with Gasteiger partial charge < -0.3 is 20.6 Å². The van der Waals surface area contributed by atoms with Crippen molar-refractivity contribution in [3.63, 3.8) is 0 Å². The molecule has 162 valence electrons. The standard InChI is InChI=1S/C21H26ClN3O4S/c1-11-5-3-6-12(22)16(11)24-19(28)17-21-8-7-13(30-21)14(18(27)23-2)15(21)20(29)25(17)9-4-10-26/h3,5-6,13-15,17,26H,4,7-10H2,1-2H3,(H,23,27)(H,24,28)/t13-,14+,15+,17?,21?/m1/s1. The topological polar surface area (TPSA) is 98.7 Å². The Bertz CT molecular complexity index is 877. The smallest absolute Gasteiger partial charge is 0.248 e. The van der Waals surface area contributed by atoms with Gasteiger partial charge in [-0.2, -0.15) is 0 Å². The number of hydrogen-bond acceptors (Lipinski definition) is 5. The fraction of sp³-hybridized carbons (Fsp3) is 0.571. The number of nitrogens with zero attached hydrogens (tertiary/aromatic N) is 1. The quantitative estimate of drug-likeness (QED) is 0.612. The summed E-state index contributed by atoms with van der Waals surface area (Å²) in [6, 6.07) is 4.69. The largest absolute Gasteiger partial charge is 0.396 e. The van der Waals surface area contributed by atoms with Gasteiger partial charge in [-0.1, -0.05) is 23.7 Å². The average Bonchev–Trinajstić information content (AvgIpc) is 3.36. The first-order chi connectivity index (χ1) is 14.4. The zero-order valence-electron chi connectivity index (χ0n) is 17.0. The minimum Gasteiger partial charge on any atom is -0.396 e. The normalized spacial score (nSPS) is 31.7. The molecule has 2 unspecified atom stereocenters. The maximum absolute atomic E-state index is 13.6. The van der Waals surface area contributed by atoms with Crippen LogP contribution in [0.25, 0.3) is 0 Å². The van der Waals surface area contributed by atoms with Gasteiger partial charge in [-0.3, -0.25) is 14.4 Å². The fourth-order valence-electron chi connectivity index (χ4n) is 5.38. The molecule has 3 aliphatic heterocycles. The van der Waals surface area contributed by atoms with E-state index in [-0.39, 0.29) is 36.1 Å². The molecule has 7 nitrogen and oxygen atoms in total. The highest BCUT2D eigenvalue weighted by Gasteiger charge is 2.73. The minimum atomic E-state index is -0.707. The summed E-state index contributed by atoms with van der Waals surface area (Å²) in [6.45, 7) is 2.07. The fourth-order valence-corrected chi connectivity index (χ4v) is 7.87. The van der Waals surface area contributed by atoms with Crippen molar-refractivity contribution in [1.82, 2.24) is 10.2 Å². The molecule has 4 rings (SSSR count). The lowest BCUT2D eigenvalue weighted by molar-refractivity contribution is -0.139. The third kappa shape index (κ3) is 3.11. The molecule has 30 heavy (non-hydrogen) atoms. The van der Waals surface area contributed by atoms with Crippen LogP contribution >= 0.6 is 23.4 Å². The second-order valence-electron chi connectivity index (χ2n) is 8.20. The van der Waals surface area contributed by atoms with Gasteiger partial charge in [-0.25, -0.2) is 0 Å². The molecule has 3 aliphatic rings. The van der Waals surface area contributed by atoms with Gasteiger partial charge in [0.2, 0.25) is 17.7 Å². The van der Waals surface area contributed by atoms with Crippen molar-refractivity contribution in [3.8, 4) is 0 Å². The van der Waals surface area contributed by atoms with Crippen LogP contribution in [0.4, 0.5) is 5.69 Å². The monoisotopic (exact) mass is 451 g/mol. The Balaban J connectivity index is 1.72. The summed E-state index contributed by atoms with van der Waals surface area (Å²) in [5.74, 6) is -1.55. The molecule has 1 spiro atoms. The zero-order chi connectivity index (χ0) is 21.6. The van der Waals surface area contributed by atoms with Gasteiger partial charge in [-0.05, 0) is 37.8 Å². The van der Waals surface area contributed by atoms with Crippen molar-refractivity contribution in [2.24, 2.45) is 11.8 Å². The molecule has 0 aromatic heterocycles. The number of nitrogens with one attached hydrogen (secondary N) is 2. The highest BCUT2D eigenvalue weighted by molar-refractivity contribution is 8.02. The summed E-state index contributed by atoms with van der Waals surface area (Å²) in [6.07, 6.45) is 1.89. The van der Waals surface area contributed by atoms with Crippen molar-refractivity contribution in [2.45, 2.75) is 42.2 Å². The Hall–Kier alpha value is -1.77. The molecule has 0 radical (unpaired) electrons. The van der Waals surface area contributed by atoms with Gasteiger partial charge in [0.1, 0.15) is 6.04 Å². The van der Waals surface area contributed by atoms with E-state index in [0.29, 0.717) is 23.6 Å². The van der Waals surface area contributed by atoms with Crippen molar-refractivity contribution in [1.29, 1.82) is 0 Å². The Morgan fingerprint density at radius 2 is 2.13 bits per heavy atom. The number of carbonyl (C=O) groups is 3. The second kappa shape index (κ2) is 8.05. The molecule has 2 bridgehead atoms. The van der Waals surface area contributed by atoms with E-state index in [2.05, 4.69) is 10.6 Å². The summed E-state index contributed by atoms with van der Waals surface area (Å²) < 4.78 is -0.631. The van der Waals surface area contributed by atoms with Crippen LogP contribution in [0.1, 0.15) is 24.8 Å². The van der Waals surface area contributed by atoms with E-state index < -0.39 is 22.6 Å². The number of hydrogen-bond donors (Lipinski definition) is 3. The number of aryl methyl sites for hydroxylation is 1. The maximum Gasteiger partial charge on any atom is 0.248 e. The second-order valence-corrected chi connectivity index (χ2v) is 10.2. The Morgan fingerprint density at radius 3 is 2.80 bits per heavy atom. The van der Waals surface area contributed by atoms with E-state index in [4.69, 9.17) is 11.6 Å². The molecule has 1 aromatic carbocycles. The van der Waals surface area contributed by atoms with E-state index >= 15 is 0 Å². The van der Waals surface area contributed by atoms with E-state index in [1.807, 2.05) is 19.1 Å². The predicted octanol–water partition coefficient (Wildman–Crippen LogP) is 1.81. The van der Waals surface area contributed by atoms with Crippen LogP contribution in [0.15, 0.2) is 18.2 Å². The number of benzene rings is 1. The number of anilines is 1. The summed E-state index contributed by atoms with van der Waals surface area (Å²) >= 11 is 7.93. The van der Waals surface area contributed by atoms with Crippen molar-refractivity contribution >= 4 is 46.8 Å². The Labute approximate surface area is 184 Å². The molecule has 9 heteroatoms. The molecule has 3 N–H and O–H groups in total. The molecule has 1 aromatic rings. The highest BCUT2D eigenvalue weighted by atomic mass is 35.5. The third-order valence-corrected chi connectivity index (χ3v) is 8.89. The number of para-hydroxylation sites is 1. The molecule has 5 atom stereocenters. The van der Waals surface area contributed by atoms with Gasteiger partial charge in [0.25, 0.3) is 0 Å². The molecule has 0 saturated carbocycles. The van der Waals surface area contributed by atoms with Crippen molar-refractivity contribution in [3.05, 3.63) is 28.8 Å². The lowest BCUT2D eigenvalue weighted by atomic mass is 9.70. The van der Waals surface area contributed by atoms with Crippen LogP contribution < -0.4 is 10.6 Å². The Morgan fingerprint density at radius 1 is 1.37 bits per heavy atom. The van der Waals surface area contributed by atoms with Crippen LogP contribution in [0.2, 0.25) is 5.02 Å². The van der Waals surface area contributed by atoms with E-state index in [0.717, 1.165) is 12.0 Å². The lowest BCUT2D eigenvalue weighted by Crippen LogP contribution is -2.52. The van der Waals surface area contributed by atoms with Crippen molar-refractivity contribution < 1.29 is 19.5 Å². The summed E-state index contributed by atoms with van der Waals surface area (Å²) in [5, 5.41) is 15.5. The summed E-state index contributed by atoms with van der Waals surface area (Å²) in [5.41, 5.74) is 1.38. The van der Waals surface area contributed by atoms with Crippen LogP contribution in [0.3, 0.4) is 0 Å². The number of carbonyl (C=O) groups excluding carboxylic acids is 3. The molecule has 3 amide bonds. The lowest BCUT2D eigenvalue weighted by Gasteiger charge is -2.34. The predicted molar refractivity (Wildman–Crippen MR) is 116 cm³/mol. The number of likely N-dealkylation sites (tertiary alicyclic amines) is 1.